The molecule has 1 heterocycles. The average molecular weight is 264 g/mol. The predicted octanol–water partition coefficient (Wildman–Crippen LogP) is -0.0714. The monoisotopic (exact) mass is 264 g/mol. The molecule has 0 saturated carbocycles. The molecular weight excluding hydrogens is 252 g/mol. The van der Waals surface area contributed by atoms with Crippen LogP contribution in [-0.2, 0) is 9.59 Å². The number of benzene rings is 1. The van der Waals surface area contributed by atoms with Crippen molar-refractivity contribution in [1.82, 2.24) is 0 Å². The van der Waals surface area contributed by atoms with Crippen LogP contribution >= 0.6 is 0 Å². The van der Waals surface area contributed by atoms with Crippen molar-refractivity contribution in [3.8, 4) is 5.75 Å². The summed E-state index contributed by atoms with van der Waals surface area (Å²) in [5.41, 5.74) is 5.24. The minimum Gasteiger partial charge on any atom is -0.507 e. The number of carboxylic acid groups (broad SMARTS) is 1. The van der Waals surface area contributed by atoms with Crippen molar-refractivity contribution in [2.24, 2.45) is 11.7 Å². The summed E-state index contributed by atoms with van der Waals surface area (Å²) in [6, 6.07) is 3.80. The van der Waals surface area contributed by atoms with Gasteiger partial charge in [0.25, 0.3) is 0 Å². The first-order valence-electron chi connectivity index (χ1n) is 5.56. The molecule has 1 aromatic rings. The van der Waals surface area contributed by atoms with E-state index < -0.39 is 23.5 Å². The van der Waals surface area contributed by atoms with Crippen molar-refractivity contribution in [3.05, 3.63) is 23.8 Å². The van der Waals surface area contributed by atoms with Gasteiger partial charge in [0, 0.05) is 24.7 Å². The molecule has 1 unspecified atom stereocenters. The Morgan fingerprint density at radius 1 is 1.37 bits per heavy atom. The fourth-order valence-corrected chi connectivity index (χ4v) is 2.02. The van der Waals surface area contributed by atoms with E-state index in [4.69, 9.17) is 10.8 Å². The maximum atomic E-state index is 11.7. The maximum Gasteiger partial charge on any atom is 0.339 e. The van der Waals surface area contributed by atoms with Gasteiger partial charge >= 0.3 is 5.97 Å². The van der Waals surface area contributed by atoms with Gasteiger partial charge < -0.3 is 20.8 Å². The van der Waals surface area contributed by atoms with Gasteiger partial charge in [-0.3, -0.25) is 9.59 Å². The summed E-state index contributed by atoms with van der Waals surface area (Å²) < 4.78 is 0. The SMILES string of the molecule is NC(=O)C1CC(=O)N(c2ccc(C(=O)O)c(O)c2)C1. The van der Waals surface area contributed by atoms with Crippen molar-refractivity contribution in [3.63, 3.8) is 0 Å². The first-order chi connectivity index (χ1) is 8.90. The van der Waals surface area contributed by atoms with Gasteiger partial charge in [-0.2, -0.15) is 0 Å². The Labute approximate surface area is 108 Å². The third-order valence-corrected chi connectivity index (χ3v) is 3.05. The molecule has 100 valence electrons. The summed E-state index contributed by atoms with van der Waals surface area (Å²) in [4.78, 5) is 34.9. The van der Waals surface area contributed by atoms with Crippen LogP contribution in [0.25, 0.3) is 0 Å². The van der Waals surface area contributed by atoms with E-state index in [0.29, 0.717) is 5.69 Å². The van der Waals surface area contributed by atoms with Crippen LogP contribution in [0.4, 0.5) is 5.69 Å². The molecule has 2 amide bonds. The maximum absolute atomic E-state index is 11.7. The van der Waals surface area contributed by atoms with Crippen LogP contribution in [0.3, 0.4) is 0 Å². The number of nitrogens with two attached hydrogens (primary N) is 1. The first kappa shape index (κ1) is 12.9. The zero-order chi connectivity index (χ0) is 14.2. The van der Waals surface area contributed by atoms with Crippen LogP contribution in [0.5, 0.6) is 5.75 Å². The molecule has 1 aliphatic heterocycles. The Bertz CT molecular complexity index is 569. The largest absolute Gasteiger partial charge is 0.507 e. The Morgan fingerprint density at radius 3 is 2.53 bits per heavy atom. The van der Waals surface area contributed by atoms with Crippen molar-refractivity contribution < 1.29 is 24.6 Å². The zero-order valence-corrected chi connectivity index (χ0v) is 9.87. The number of nitrogens with zero attached hydrogens (tertiary/aromatic N) is 1. The van der Waals surface area contributed by atoms with E-state index in [0.717, 1.165) is 0 Å². The number of anilines is 1. The highest BCUT2D eigenvalue weighted by atomic mass is 16.4. The zero-order valence-electron chi connectivity index (χ0n) is 9.87. The van der Waals surface area contributed by atoms with Crippen LogP contribution in [0.1, 0.15) is 16.8 Å². The second kappa shape index (κ2) is 4.60. The molecule has 7 nitrogen and oxygen atoms in total. The van der Waals surface area contributed by atoms with E-state index >= 15 is 0 Å². The number of rotatable bonds is 3. The predicted molar refractivity (Wildman–Crippen MR) is 64.7 cm³/mol. The number of carboxylic acids is 1. The lowest BCUT2D eigenvalue weighted by molar-refractivity contribution is -0.123. The Kier molecular flexibility index (Phi) is 3.12. The lowest BCUT2D eigenvalue weighted by Gasteiger charge is -2.16. The van der Waals surface area contributed by atoms with Gasteiger partial charge in [-0.25, -0.2) is 4.79 Å². The normalized spacial score (nSPS) is 18.6. The summed E-state index contributed by atoms with van der Waals surface area (Å²) in [6.07, 6.45) is 0.0246. The quantitative estimate of drug-likeness (QED) is 0.705. The van der Waals surface area contributed by atoms with Crippen molar-refractivity contribution in [2.45, 2.75) is 6.42 Å². The van der Waals surface area contributed by atoms with Gasteiger partial charge in [0.15, 0.2) is 0 Å². The number of carbonyl (C=O) groups excluding carboxylic acids is 2. The van der Waals surface area contributed by atoms with Gasteiger partial charge in [0.05, 0.1) is 5.92 Å². The molecule has 1 atom stereocenters. The molecule has 0 bridgehead atoms. The Morgan fingerprint density at radius 2 is 2.05 bits per heavy atom. The molecular formula is C12H12N2O5. The third kappa shape index (κ3) is 2.35. The summed E-state index contributed by atoms with van der Waals surface area (Å²) in [6.45, 7) is 0.139. The van der Waals surface area contributed by atoms with Crippen LogP contribution in [0.2, 0.25) is 0 Å². The number of hydrogen-bond donors (Lipinski definition) is 3. The topological polar surface area (TPSA) is 121 Å². The van der Waals surface area contributed by atoms with E-state index in [9.17, 15) is 19.5 Å². The lowest BCUT2D eigenvalue weighted by Crippen LogP contribution is -2.28. The van der Waals surface area contributed by atoms with Crippen LogP contribution in [0.15, 0.2) is 18.2 Å². The number of aromatic carboxylic acids is 1. The molecule has 4 N–H and O–H groups in total. The molecule has 7 heteroatoms. The van der Waals surface area contributed by atoms with Crippen molar-refractivity contribution >= 4 is 23.5 Å². The second-order valence-electron chi connectivity index (χ2n) is 4.31. The number of aromatic hydroxyl groups is 1. The minimum absolute atomic E-state index is 0.0246. The van der Waals surface area contributed by atoms with Crippen LogP contribution < -0.4 is 10.6 Å². The summed E-state index contributed by atoms with van der Waals surface area (Å²) in [5, 5.41) is 18.4. The van der Waals surface area contributed by atoms with E-state index in [1.807, 2.05) is 0 Å². The second-order valence-corrected chi connectivity index (χ2v) is 4.31. The van der Waals surface area contributed by atoms with E-state index in [-0.39, 0.29) is 24.4 Å². The molecule has 2 rings (SSSR count). The van der Waals surface area contributed by atoms with Gasteiger partial charge in [0.1, 0.15) is 11.3 Å². The van der Waals surface area contributed by atoms with Gasteiger partial charge in [-0.05, 0) is 12.1 Å². The number of phenols is 1. The van der Waals surface area contributed by atoms with Gasteiger partial charge in [-0.15, -0.1) is 0 Å². The summed E-state index contributed by atoms with van der Waals surface area (Å²) in [5.74, 6) is -3.09. The average Bonchev–Trinajstić information content (AvgIpc) is 2.71. The lowest BCUT2D eigenvalue weighted by atomic mass is 10.1. The van der Waals surface area contributed by atoms with Gasteiger partial charge in [0.2, 0.25) is 11.8 Å². The fourth-order valence-electron chi connectivity index (χ4n) is 2.02. The molecule has 1 aliphatic rings. The third-order valence-electron chi connectivity index (χ3n) is 3.05. The van der Waals surface area contributed by atoms with E-state index in [1.54, 1.807) is 0 Å². The fraction of sp³-hybridized carbons (Fsp3) is 0.250. The van der Waals surface area contributed by atoms with Crippen molar-refractivity contribution in [1.29, 1.82) is 0 Å². The molecule has 0 radical (unpaired) electrons. The number of amides is 2. The Balaban J connectivity index is 2.28. The standard InChI is InChI=1S/C12H12N2O5/c13-11(17)6-3-10(16)14(5-6)7-1-2-8(12(18)19)9(15)4-7/h1-2,4,6,15H,3,5H2,(H2,13,17)(H,18,19). The van der Waals surface area contributed by atoms with Gasteiger partial charge in [-0.1, -0.05) is 0 Å². The van der Waals surface area contributed by atoms with Crippen LogP contribution in [0, 0.1) is 5.92 Å². The molecule has 1 saturated heterocycles. The molecule has 1 aromatic carbocycles. The molecule has 1 fully saturated rings. The van der Waals surface area contributed by atoms with E-state index in [2.05, 4.69) is 0 Å². The Hall–Kier alpha value is -2.57. The molecule has 0 aliphatic carbocycles. The first-order valence-corrected chi connectivity index (χ1v) is 5.56. The molecule has 0 spiro atoms. The highest BCUT2D eigenvalue weighted by Crippen LogP contribution is 2.29. The summed E-state index contributed by atoms with van der Waals surface area (Å²) >= 11 is 0. The highest BCUT2D eigenvalue weighted by molar-refractivity contribution is 6.01. The van der Waals surface area contributed by atoms with Crippen molar-refractivity contribution in [2.75, 3.05) is 11.4 Å². The number of primary amides is 1. The summed E-state index contributed by atoms with van der Waals surface area (Å²) in [7, 11) is 0. The number of carbonyl (C=O) groups is 3. The number of hydrogen-bond acceptors (Lipinski definition) is 4. The van der Waals surface area contributed by atoms with E-state index in [1.165, 1.54) is 23.1 Å². The highest BCUT2D eigenvalue weighted by Gasteiger charge is 2.34. The van der Waals surface area contributed by atoms with Crippen LogP contribution in [-0.4, -0.2) is 34.5 Å². The smallest absolute Gasteiger partial charge is 0.339 e. The molecule has 0 aromatic heterocycles. The minimum atomic E-state index is -1.26. The molecule has 19 heavy (non-hydrogen) atoms.